The van der Waals surface area contributed by atoms with Crippen LogP contribution in [0.4, 0.5) is 10.8 Å². The van der Waals surface area contributed by atoms with Crippen molar-refractivity contribution in [2.75, 3.05) is 37.2 Å². The molecule has 0 aromatic carbocycles. The number of hydrogen-bond donors (Lipinski definition) is 2. The van der Waals surface area contributed by atoms with Crippen molar-refractivity contribution in [1.82, 2.24) is 9.27 Å². The molecule has 6 heteroatoms. The Labute approximate surface area is 106 Å². The van der Waals surface area contributed by atoms with E-state index in [0.717, 1.165) is 37.6 Å². The molecule has 1 aromatic heterocycles. The predicted octanol–water partition coefficient (Wildman–Crippen LogP) is 1.74. The molecule has 17 heavy (non-hydrogen) atoms. The first-order valence-corrected chi connectivity index (χ1v) is 6.61. The van der Waals surface area contributed by atoms with Gasteiger partial charge in [-0.1, -0.05) is 13.8 Å². The van der Waals surface area contributed by atoms with Crippen LogP contribution in [0.15, 0.2) is 0 Å². The monoisotopic (exact) mass is 253 g/mol. The van der Waals surface area contributed by atoms with Gasteiger partial charge in [-0.05, 0) is 31.0 Å². The van der Waals surface area contributed by atoms with Crippen LogP contribution < -0.4 is 11.1 Å². The highest BCUT2D eigenvalue weighted by atomic mass is 32.1. The van der Waals surface area contributed by atoms with Crippen LogP contribution >= 0.6 is 11.5 Å². The first-order chi connectivity index (χ1) is 8.22. The average molecular weight is 253 g/mol. The third-order valence-electron chi connectivity index (χ3n) is 2.53. The summed E-state index contributed by atoms with van der Waals surface area (Å²) < 4.78 is 3.96. The van der Waals surface area contributed by atoms with Gasteiger partial charge in [-0.3, -0.25) is 0 Å². The molecule has 5 nitrogen and oxygen atoms in total. The molecule has 0 radical (unpaired) electrons. The topological polar surface area (TPSA) is 78.0 Å². The van der Waals surface area contributed by atoms with Gasteiger partial charge in [-0.2, -0.15) is 9.64 Å². The van der Waals surface area contributed by atoms with Crippen molar-refractivity contribution in [3.05, 3.63) is 5.56 Å². The number of nitrogens with one attached hydrogen (secondary N) is 1. The second-order valence-corrected chi connectivity index (χ2v) is 4.52. The van der Waals surface area contributed by atoms with Crippen molar-refractivity contribution in [3.63, 3.8) is 0 Å². The lowest BCUT2D eigenvalue weighted by Crippen LogP contribution is -2.29. The lowest BCUT2D eigenvalue weighted by Gasteiger charge is -2.19. The standard InChI is InChI=1S/C11H19N5S/c1-3-6-16(4-2)7-5-14-11-9(8-12)10(13)15-17-11/h14H,3-7H2,1-2H3,(H2,13,15). The van der Waals surface area contributed by atoms with Crippen LogP contribution in [-0.4, -0.2) is 35.5 Å². The summed E-state index contributed by atoms with van der Waals surface area (Å²) in [7, 11) is 0. The van der Waals surface area contributed by atoms with Crippen molar-refractivity contribution in [2.45, 2.75) is 20.3 Å². The minimum atomic E-state index is 0.320. The van der Waals surface area contributed by atoms with E-state index in [2.05, 4.69) is 34.5 Å². The smallest absolute Gasteiger partial charge is 0.157 e. The Kier molecular flexibility index (Phi) is 5.73. The molecule has 1 rings (SSSR count). The Morgan fingerprint density at radius 2 is 2.24 bits per heavy atom. The van der Waals surface area contributed by atoms with Crippen LogP contribution in [0.5, 0.6) is 0 Å². The second-order valence-electron chi connectivity index (χ2n) is 3.74. The number of nitrogens with zero attached hydrogens (tertiary/aromatic N) is 3. The summed E-state index contributed by atoms with van der Waals surface area (Å²) in [4.78, 5) is 2.36. The van der Waals surface area contributed by atoms with Gasteiger partial charge in [-0.15, -0.1) is 0 Å². The summed E-state index contributed by atoms with van der Waals surface area (Å²) >= 11 is 1.25. The van der Waals surface area contributed by atoms with Gasteiger partial charge >= 0.3 is 0 Å². The fourth-order valence-corrected chi connectivity index (χ4v) is 2.29. The molecule has 0 saturated heterocycles. The van der Waals surface area contributed by atoms with E-state index in [1.807, 2.05) is 0 Å². The Bertz CT molecular complexity index is 382. The second kappa shape index (κ2) is 7.09. The van der Waals surface area contributed by atoms with Gasteiger partial charge in [-0.25, -0.2) is 0 Å². The number of nitrogen functional groups attached to an aromatic ring is 1. The Hall–Kier alpha value is -1.32. The maximum absolute atomic E-state index is 8.91. The van der Waals surface area contributed by atoms with E-state index >= 15 is 0 Å². The summed E-state index contributed by atoms with van der Waals surface area (Å²) in [6, 6.07) is 2.07. The number of nitrogens with two attached hydrogens (primary N) is 1. The van der Waals surface area contributed by atoms with Crippen LogP contribution in [0.2, 0.25) is 0 Å². The molecule has 1 heterocycles. The largest absolute Gasteiger partial charge is 0.382 e. The number of rotatable bonds is 7. The number of likely N-dealkylation sites (N-methyl/N-ethyl adjacent to an activating group) is 1. The van der Waals surface area contributed by atoms with Crippen molar-refractivity contribution < 1.29 is 0 Å². The third-order valence-corrected chi connectivity index (χ3v) is 3.35. The lowest BCUT2D eigenvalue weighted by atomic mass is 10.3. The molecule has 3 N–H and O–H groups in total. The fraction of sp³-hybridized carbons (Fsp3) is 0.636. The molecule has 0 spiro atoms. The minimum Gasteiger partial charge on any atom is -0.382 e. The molecular weight excluding hydrogens is 234 g/mol. The molecule has 1 aromatic rings. The van der Waals surface area contributed by atoms with Gasteiger partial charge in [0.25, 0.3) is 0 Å². The molecule has 0 unspecified atom stereocenters. The molecule has 0 saturated carbocycles. The average Bonchev–Trinajstić information content (AvgIpc) is 2.68. The quantitative estimate of drug-likeness (QED) is 0.774. The van der Waals surface area contributed by atoms with Crippen molar-refractivity contribution in [1.29, 1.82) is 5.26 Å². The third kappa shape index (κ3) is 3.88. The van der Waals surface area contributed by atoms with Crippen molar-refractivity contribution in [2.24, 2.45) is 0 Å². The molecule has 0 bridgehead atoms. The van der Waals surface area contributed by atoms with E-state index < -0.39 is 0 Å². The normalized spacial score (nSPS) is 10.5. The summed E-state index contributed by atoms with van der Waals surface area (Å²) in [5.41, 5.74) is 6.05. The highest BCUT2D eigenvalue weighted by Gasteiger charge is 2.10. The van der Waals surface area contributed by atoms with Crippen LogP contribution in [0, 0.1) is 11.3 Å². The van der Waals surface area contributed by atoms with Crippen LogP contribution in [0.25, 0.3) is 0 Å². The van der Waals surface area contributed by atoms with E-state index in [1.54, 1.807) is 0 Å². The number of anilines is 2. The van der Waals surface area contributed by atoms with Crippen molar-refractivity contribution in [3.8, 4) is 6.07 Å². The summed E-state index contributed by atoms with van der Waals surface area (Å²) in [6.07, 6.45) is 1.16. The number of hydrogen-bond acceptors (Lipinski definition) is 6. The van der Waals surface area contributed by atoms with E-state index in [1.165, 1.54) is 11.5 Å². The Morgan fingerprint density at radius 1 is 1.47 bits per heavy atom. The highest BCUT2D eigenvalue weighted by molar-refractivity contribution is 7.10. The van der Waals surface area contributed by atoms with E-state index in [-0.39, 0.29) is 0 Å². The lowest BCUT2D eigenvalue weighted by molar-refractivity contribution is 0.300. The molecular formula is C11H19N5S. The Morgan fingerprint density at radius 3 is 2.82 bits per heavy atom. The number of nitriles is 1. The van der Waals surface area contributed by atoms with Gasteiger partial charge < -0.3 is 16.0 Å². The van der Waals surface area contributed by atoms with E-state index in [0.29, 0.717) is 11.4 Å². The fourth-order valence-electron chi connectivity index (χ4n) is 1.60. The van der Waals surface area contributed by atoms with Crippen molar-refractivity contribution >= 4 is 22.4 Å². The maximum Gasteiger partial charge on any atom is 0.157 e. The zero-order valence-electron chi connectivity index (χ0n) is 10.4. The van der Waals surface area contributed by atoms with Gasteiger partial charge in [0.05, 0.1) is 0 Å². The molecule has 0 aliphatic heterocycles. The zero-order chi connectivity index (χ0) is 12.7. The van der Waals surface area contributed by atoms with E-state index in [9.17, 15) is 0 Å². The predicted molar refractivity (Wildman–Crippen MR) is 72.1 cm³/mol. The van der Waals surface area contributed by atoms with Crippen LogP contribution in [0.3, 0.4) is 0 Å². The van der Waals surface area contributed by atoms with Gasteiger partial charge in [0, 0.05) is 13.1 Å². The maximum atomic E-state index is 8.91. The molecule has 0 fully saturated rings. The molecule has 0 atom stereocenters. The minimum absolute atomic E-state index is 0.320. The van der Waals surface area contributed by atoms with Crippen LogP contribution in [-0.2, 0) is 0 Å². The summed E-state index contributed by atoms with van der Waals surface area (Å²) in [5, 5.41) is 12.9. The molecule has 0 amide bonds. The SMILES string of the molecule is CCCN(CC)CCNc1snc(N)c1C#N. The summed E-state index contributed by atoms with van der Waals surface area (Å²) in [5.74, 6) is 0.320. The Balaban J connectivity index is 2.43. The highest BCUT2D eigenvalue weighted by Crippen LogP contribution is 2.25. The molecule has 0 aliphatic rings. The molecule has 94 valence electrons. The first kappa shape index (κ1) is 13.7. The number of aromatic nitrogens is 1. The van der Waals surface area contributed by atoms with Gasteiger partial charge in [0.15, 0.2) is 5.82 Å². The van der Waals surface area contributed by atoms with E-state index in [4.69, 9.17) is 11.0 Å². The summed E-state index contributed by atoms with van der Waals surface area (Å²) in [6.45, 7) is 8.26. The van der Waals surface area contributed by atoms with Gasteiger partial charge in [0.1, 0.15) is 16.6 Å². The van der Waals surface area contributed by atoms with Gasteiger partial charge in [0.2, 0.25) is 0 Å². The molecule has 0 aliphatic carbocycles. The zero-order valence-corrected chi connectivity index (χ0v) is 11.2. The van der Waals surface area contributed by atoms with Crippen LogP contribution in [0.1, 0.15) is 25.8 Å². The first-order valence-electron chi connectivity index (χ1n) is 5.84.